The number of aryl methyl sites for hydroxylation is 1. The fourth-order valence-electron chi connectivity index (χ4n) is 2.60. The molecule has 0 saturated heterocycles. The Balaban J connectivity index is 2.19. The van der Waals surface area contributed by atoms with Gasteiger partial charge in [-0.3, -0.25) is 0 Å². The van der Waals surface area contributed by atoms with Crippen molar-refractivity contribution in [2.75, 3.05) is 7.05 Å². The molecule has 2 heteroatoms. The van der Waals surface area contributed by atoms with E-state index in [4.69, 9.17) is 4.42 Å². The first-order valence-corrected chi connectivity index (χ1v) is 5.53. The van der Waals surface area contributed by atoms with Gasteiger partial charge in [-0.15, -0.1) is 0 Å². The molecule has 2 rings (SSSR count). The van der Waals surface area contributed by atoms with E-state index in [1.165, 1.54) is 36.8 Å². The highest BCUT2D eigenvalue weighted by Gasteiger charge is 2.26. The van der Waals surface area contributed by atoms with Crippen LogP contribution in [-0.4, -0.2) is 13.1 Å². The zero-order chi connectivity index (χ0) is 9.97. The fourth-order valence-corrected chi connectivity index (χ4v) is 2.60. The van der Waals surface area contributed by atoms with Gasteiger partial charge in [-0.05, 0) is 37.9 Å². The molecule has 1 aromatic heterocycles. The molecule has 0 aliphatic heterocycles. The van der Waals surface area contributed by atoms with Crippen LogP contribution in [0.15, 0.2) is 16.9 Å². The normalized spacial score (nSPS) is 27.9. The summed E-state index contributed by atoms with van der Waals surface area (Å²) in [7, 11) is 2.07. The molecule has 2 nitrogen and oxygen atoms in total. The molecule has 2 atom stereocenters. The van der Waals surface area contributed by atoms with Crippen molar-refractivity contribution in [1.29, 1.82) is 0 Å². The Labute approximate surface area is 85.7 Å². The van der Waals surface area contributed by atoms with E-state index in [2.05, 4.69) is 19.3 Å². The van der Waals surface area contributed by atoms with E-state index < -0.39 is 0 Å². The van der Waals surface area contributed by atoms with Gasteiger partial charge >= 0.3 is 0 Å². The molecule has 0 radical (unpaired) electrons. The van der Waals surface area contributed by atoms with Crippen LogP contribution in [0.4, 0.5) is 0 Å². The van der Waals surface area contributed by atoms with E-state index in [0.717, 1.165) is 0 Å². The van der Waals surface area contributed by atoms with Gasteiger partial charge in [0.05, 0.1) is 12.5 Å². The van der Waals surface area contributed by atoms with Crippen LogP contribution in [0.1, 0.15) is 42.7 Å². The van der Waals surface area contributed by atoms with Crippen molar-refractivity contribution in [3.63, 3.8) is 0 Å². The number of nitrogens with one attached hydrogen (secondary N) is 1. The van der Waals surface area contributed by atoms with Crippen molar-refractivity contribution in [1.82, 2.24) is 5.32 Å². The maximum absolute atomic E-state index is 5.26. The van der Waals surface area contributed by atoms with E-state index in [-0.39, 0.29) is 0 Å². The van der Waals surface area contributed by atoms with Gasteiger partial charge in [-0.1, -0.05) is 12.8 Å². The minimum Gasteiger partial charge on any atom is -0.472 e. The van der Waals surface area contributed by atoms with E-state index in [1.807, 2.05) is 12.5 Å². The molecule has 2 unspecified atom stereocenters. The summed E-state index contributed by atoms with van der Waals surface area (Å²) in [6, 6.07) is 0.639. The molecular formula is C12H19NO. The molecule has 0 bridgehead atoms. The van der Waals surface area contributed by atoms with Crippen molar-refractivity contribution in [3.05, 3.63) is 23.7 Å². The van der Waals surface area contributed by atoms with Crippen LogP contribution in [0.25, 0.3) is 0 Å². The lowest BCUT2D eigenvalue weighted by Gasteiger charge is -2.31. The first-order valence-electron chi connectivity index (χ1n) is 5.53. The minimum absolute atomic E-state index is 0.639. The third-order valence-electron chi connectivity index (χ3n) is 3.43. The Kier molecular flexibility index (Phi) is 2.92. The Hall–Kier alpha value is -0.760. The number of rotatable bonds is 2. The van der Waals surface area contributed by atoms with Crippen LogP contribution in [0.2, 0.25) is 0 Å². The maximum atomic E-state index is 5.26. The summed E-state index contributed by atoms with van der Waals surface area (Å²) in [4.78, 5) is 0. The van der Waals surface area contributed by atoms with Gasteiger partial charge in [-0.2, -0.15) is 0 Å². The van der Waals surface area contributed by atoms with Gasteiger partial charge in [0.15, 0.2) is 0 Å². The molecule has 0 aromatic carbocycles. The lowest BCUT2D eigenvalue weighted by Crippen LogP contribution is -2.34. The van der Waals surface area contributed by atoms with Crippen LogP contribution < -0.4 is 5.32 Å². The first-order chi connectivity index (χ1) is 6.83. The molecule has 0 amide bonds. The summed E-state index contributed by atoms with van der Waals surface area (Å²) >= 11 is 0. The zero-order valence-corrected chi connectivity index (χ0v) is 9.05. The average Bonchev–Trinajstić information content (AvgIpc) is 2.64. The molecule has 1 aliphatic carbocycles. The van der Waals surface area contributed by atoms with Crippen molar-refractivity contribution < 1.29 is 4.42 Å². The van der Waals surface area contributed by atoms with E-state index in [0.29, 0.717) is 12.0 Å². The van der Waals surface area contributed by atoms with Crippen molar-refractivity contribution >= 4 is 0 Å². The third kappa shape index (κ3) is 1.71. The molecule has 14 heavy (non-hydrogen) atoms. The molecule has 78 valence electrons. The molecule has 1 aliphatic rings. The average molecular weight is 193 g/mol. The minimum atomic E-state index is 0.639. The molecule has 1 fully saturated rings. The summed E-state index contributed by atoms with van der Waals surface area (Å²) in [6.45, 7) is 2.14. The second kappa shape index (κ2) is 4.18. The van der Waals surface area contributed by atoms with E-state index in [9.17, 15) is 0 Å². The predicted molar refractivity (Wildman–Crippen MR) is 57.5 cm³/mol. The first kappa shape index (κ1) is 9.78. The highest BCUT2D eigenvalue weighted by molar-refractivity contribution is 5.25. The molecule has 0 spiro atoms. The summed E-state index contributed by atoms with van der Waals surface area (Å²) in [5.41, 5.74) is 2.71. The predicted octanol–water partition coefficient (Wildman–Crippen LogP) is 2.83. The summed E-state index contributed by atoms with van der Waals surface area (Å²) in [6.07, 6.45) is 9.09. The Morgan fingerprint density at radius 2 is 2.07 bits per heavy atom. The fraction of sp³-hybridized carbons (Fsp3) is 0.667. The quantitative estimate of drug-likeness (QED) is 0.781. The van der Waals surface area contributed by atoms with Gasteiger partial charge in [0.1, 0.15) is 0 Å². The van der Waals surface area contributed by atoms with E-state index >= 15 is 0 Å². The van der Waals surface area contributed by atoms with Gasteiger partial charge in [-0.25, -0.2) is 0 Å². The summed E-state index contributed by atoms with van der Waals surface area (Å²) in [5, 5.41) is 3.43. The second-order valence-corrected chi connectivity index (χ2v) is 4.30. The van der Waals surface area contributed by atoms with Gasteiger partial charge in [0.25, 0.3) is 0 Å². The zero-order valence-electron chi connectivity index (χ0n) is 9.05. The SMILES string of the molecule is CNC1CCCCC1c1cocc1C. The molecule has 1 N–H and O–H groups in total. The van der Waals surface area contributed by atoms with Gasteiger partial charge in [0, 0.05) is 12.0 Å². The lowest BCUT2D eigenvalue weighted by molar-refractivity contribution is 0.342. The number of likely N-dealkylation sites (N-methyl/N-ethyl adjacent to an activating group) is 1. The Bertz CT molecular complexity index is 292. The highest BCUT2D eigenvalue weighted by atomic mass is 16.3. The van der Waals surface area contributed by atoms with Crippen LogP contribution in [0.3, 0.4) is 0 Å². The Morgan fingerprint density at radius 1 is 1.29 bits per heavy atom. The van der Waals surface area contributed by atoms with Crippen LogP contribution in [-0.2, 0) is 0 Å². The molecule has 1 heterocycles. The highest BCUT2D eigenvalue weighted by Crippen LogP contribution is 2.34. The van der Waals surface area contributed by atoms with E-state index in [1.54, 1.807) is 0 Å². The smallest absolute Gasteiger partial charge is 0.0940 e. The van der Waals surface area contributed by atoms with Crippen molar-refractivity contribution in [2.45, 2.75) is 44.6 Å². The summed E-state index contributed by atoms with van der Waals surface area (Å²) in [5.74, 6) is 0.660. The van der Waals surface area contributed by atoms with Crippen molar-refractivity contribution in [2.24, 2.45) is 0 Å². The monoisotopic (exact) mass is 193 g/mol. The van der Waals surface area contributed by atoms with Crippen LogP contribution in [0, 0.1) is 6.92 Å². The summed E-state index contributed by atoms with van der Waals surface area (Å²) < 4.78 is 5.26. The number of hydrogen-bond acceptors (Lipinski definition) is 2. The second-order valence-electron chi connectivity index (χ2n) is 4.30. The van der Waals surface area contributed by atoms with Gasteiger partial charge in [0.2, 0.25) is 0 Å². The maximum Gasteiger partial charge on any atom is 0.0940 e. The van der Waals surface area contributed by atoms with Crippen LogP contribution in [0.5, 0.6) is 0 Å². The number of hydrogen-bond donors (Lipinski definition) is 1. The van der Waals surface area contributed by atoms with Gasteiger partial charge < -0.3 is 9.73 Å². The third-order valence-corrected chi connectivity index (χ3v) is 3.43. The van der Waals surface area contributed by atoms with Crippen LogP contribution >= 0.6 is 0 Å². The molecular weight excluding hydrogens is 174 g/mol. The Morgan fingerprint density at radius 3 is 2.71 bits per heavy atom. The molecule has 1 saturated carbocycles. The molecule has 1 aromatic rings. The van der Waals surface area contributed by atoms with Crippen molar-refractivity contribution in [3.8, 4) is 0 Å². The number of furan rings is 1. The largest absolute Gasteiger partial charge is 0.472 e. The topological polar surface area (TPSA) is 25.2 Å². The lowest BCUT2D eigenvalue weighted by atomic mass is 9.80. The standard InChI is InChI=1S/C12H19NO/c1-9-7-14-8-11(9)10-5-3-4-6-12(10)13-2/h7-8,10,12-13H,3-6H2,1-2H3.